The summed E-state index contributed by atoms with van der Waals surface area (Å²) in [5.41, 5.74) is 0.505. The lowest BCUT2D eigenvalue weighted by Crippen LogP contribution is -2.24. The van der Waals surface area contributed by atoms with Crippen molar-refractivity contribution in [3.8, 4) is 5.75 Å². The smallest absolute Gasteiger partial charge is 0.342 e. The van der Waals surface area contributed by atoms with Crippen LogP contribution >= 0.6 is 0 Å². The number of carbonyl (C=O) groups excluding carboxylic acids is 1. The standard InChI is InChI=1S/C19H28O4/c1-19(2,3)23-18(21)16-11-15(12-20)9-10-17(16)22-13-14-7-5-4-6-8-14/h9-11,14,20H,4-8,12-13H2,1-3H3. The van der Waals surface area contributed by atoms with Gasteiger partial charge < -0.3 is 14.6 Å². The van der Waals surface area contributed by atoms with Crippen molar-refractivity contribution in [3.05, 3.63) is 29.3 Å². The lowest BCUT2D eigenvalue weighted by molar-refractivity contribution is 0.00648. The number of benzene rings is 1. The predicted molar refractivity (Wildman–Crippen MR) is 89.6 cm³/mol. The number of rotatable bonds is 5. The predicted octanol–water partition coefficient (Wildman–Crippen LogP) is 4.09. The highest BCUT2D eigenvalue weighted by molar-refractivity contribution is 5.93. The molecular weight excluding hydrogens is 292 g/mol. The summed E-state index contributed by atoms with van der Waals surface area (Å²) in [4.78, 5) is 12.4. The van der Waals surface area contributed by atoms with Crippen LogP contribution < -0.4 is 4.74 Å². The zero-order chi connectivity index (χ0) is 16.9. The van der Waals surface area contributed by atoms with Crippen LogP contribution in [0.15, 0.2) is 18.2 Å². The van der Waals surface area contributed by atoms with Gasteiger partial charge in [-0.3, -0.25) is 0 Å². The van der Waals surface area contributed by atoms with Crippen molar-refractivity contribution >= 4 is 5.97 Å². The second kappa shape index (κ2) is 7.82. The molecular formula is C19H28O4. The van der Waals surface area contributed by atoms with Crippen LogP contribution in [0.5, 0.6) is 5.75 Å². The van der Waals surface area contributed by atoms with Crippen LogP contribution in [0.3, 0.4) is 0 Å². The molecule has 4 nitrogen and oxygen atoms in total. The van der Waals surface area contributed by atoms with Crippen molar-refractivity contribution in [1.29, 1.82) is 0 Å². The Morgan fingerprint density at radius 2 is 1.91 bits per heavy atom. The monoisotopic (exact) mass is 320 g/mol. The Morgan fingerprint density at radius 3 is 2.52 bits per heavy atom. The number of aliphatic hydroxyl groups is 1. The van der Waals surface area contributed by atoms with Crippen LogP contribution in [0.25, 0.3) is 0 Å². The van der Waals surface area contributed by atoms with Gasteiger partial charge in [0.25, 0.3) is 0 Å². The first-order valence-electron chi connectivity index (χ1n) is 8.49. The van der Waals surface area contributed by atoms with Gasteiger partial charge in [-0.1, -0.05) is 25.3 Å². The second-order valence-corrected chi connectivity index (χ2v) is 7.31. The Morgan fingerprint density at radius 1 is 1.22 bits per heavy atom. The lowest BCUT2D eigenvalue weighted by atomic mass is 9.90. The van der Waals surface area contributed by atoms with E-state index in [-0.39, 0.29) is 6.61 Å². The average Bonchev–Trinajstić information content (AvgIpc) is 2.52. The molecule has 1 aliphatic rings. The SMILES string of the molecule is CC(C)(C)OC(=O)c1cc(CO)ccc1OCC1CCCCC1. The molecule has 2 rings (SSSR count). The lowest BCUT2D eigenvalue weighted by Gasteiger charge is -2.23. The van der Waals surface area contributed by atoms with E-state index in [1.807, 2.05) is 20.8 Å². The molecule has 128 valence electrons. The molecule has 0 bridgehead atoms. The van der Waals surface area contributed by atoms with Crippen LogP contribution in [0.2, 0.25) is 0 Å². The average molecular weight is 320 g/mol. The first-order valence-corrected chi connectivity index (χ1v) is 8.49. The van der Waals surface area contributed by atoms with E-state index in [2.05, 4.69) is 0 Å². The fraction of sp³-hybridized carbons (Fsp3) is 0.632. The molecule has 1 N–H and O–H groups in total. The van der Waals surface area contributed by atoms with Crippen LogP contribution in [0.1, 0.15) is 68.8 Å². The van der Waals surface area contributed by atoms with Gasteiger partial charge in [-0.25, -0.2) is 4.79 Å². The summed E-state index contributed by atoms with van der Waals surface area (Å²) in [7, 11) is 0. The number of esters is 1. The maximum Gasteiger partial charge on any atom is 0.342 e. The van der Waals surface area contributed by atoms with E-state index >= 15 is 0 Å². The highest BCUT2D eigenvalue weighted by atomic mass is 16.6. The van der Waals surface area contributed by atoms with Gasteiger partial charge in [-0.15, -0.1) is 0 Å². The Hall–Kier alpha value is -1.55. The summed E-state index contributed by atoms with van der Waals surface area (Å²) in [6.07, 6.45) is 6.21. The first-order chi connectivity index (χ1) is 10.9. The number of ether oxygens (including phenoxy) is 2. The van der Waals surface area contributed by atoms with Gasteiger partial charge in [0.15, 0.2) is 0 Å². The minimum Gasteiger partial charge on any atom is -0.492 e. The third-order valence-electron chi connectivity index (χ3n) is 4.04. The van der Waals surface area contributed by atoms with Crippen molar-refractivity contribution in [2.24, 2.45) is 5.92 Å². The molecule has 0 aliphatic heterocycles. The van der Waals surface area contributed by atoms with E-state index in [1.54, 1.807) is 18.2 Å². The summed E-state index contributed by atoms with van der Waals surface area (Å²) in [6.45, 7) is 6.03. The largest absolute Gasteiger partial charge is 0.492 e. The number of hydrogen-bond acceptors (Lipinski definition) is 4. The molecule has 4 heteroatoms. The third kappa shape index (κ3) is 5.54. The molecule has 1 aromatic rings. The maximum atomic E-state index is 12.4. The summed E-state index contributed by atoms with van der Waals surface area (Å²) in [5, 5.41) is 9.31. The molecule has 1 aliphatic carbocycles. The minimum atomic E-state index is -0.563. The third-order valence-corrected chi connectivity index (χ3v) is 4.04. The van der Waals surface area contributed by atoms with Crippen LogP contribution in [0.4, 0.5) is 0 Å². The quantitative estimate of drug-likeness (QED) is 0.830. The van der Waals surface area contributed by atoms with Crippen LogP contribution in [-0.2, 0) is 11.3 Å². The normalized spacial score (nSPS) is 16.2. The molecule has 0 atom stereocenters. The van der Waals surface area contributed by atoms with Gasteiger partial charge in [0, 0.05) is 0 Å². The minimum absolute atomic E-state index is 0.112. The molecule has 0 unspecified atom stereocenters. The fourth-order valence-corrected chi connectivity index (χ4v) is 2.86. The highest BCUT2D eigenvalue weighted by Gasteiger charge is 2.22. The Balaban J connectivity index is 2.12. The summed E-state index contributed by atoms with van der Waals surface area (Å²) >= 11 is 0. The highest BCUT2D eigenvalue weighted by Crippen LogP contribution is 2.27. The van der Waals surface area contributed by atoms with Gasteiger partial charge in [-0.2, -0.15) is 0 Å². The second-order valence-electron chi connectivity index (χ2n) is 7.31. The molecule has 1 saturated carbocycles. The van der Waals surface area contributed by atoms with Crippen molar-refractivity contribution in [2.45, 2.75) is 65.1 Å². The molecule has 1 fully saturated rings. The molecule has 1 aromatic carbocycles. The summed E-state index contributed by atoms with van der Waals surface area (Å²) in [5.74, 6) is 0.696. The van der Waals surface area contributed by atoms with Crippen LogP contribution in [0, 0.1) is 5.92 Å². The Bertz CT molecular complexity index is 525. The van der Waals surface area contributed by atoms with Crippen molar-refractivity contribution in [3.63, 3.8) is 0 Å². The van der Waals surface area contributed by atoms with Crippen molar-refractivity contribution in [2.75, 3.05) is 6.61 Å². The van der Waals surface area contributed by atoms with E-state index < -0.39 is 11.6 Å². The van der Waals surface area contributed by atoms with E-state index in [0.717, 1.165) is 0 Å². The Kier molecular flexibility index (Phi) is 6.05. The van der Waals surface area contributed by atoms with Crippen LogP contribution in [-0.4, -0.2) is 23.3 Å². The van der Waals surface area contributed by atoms with Gasteiger partial charge in [-0.05, 0) is 57.2 Å². The first kappa shape index (κ1) is 17.8. The van der Waals surface area contributed by atoms with E-state index in [0.29, 0.717) is 29.4 Å². The number of carbonyl (C=O) groups is 1. The fourth-order valence-electron chi connectivity index (χ4n) is 2.86. The molecule has 0 saturated heterocycles. The van der Waals surface area contributed by atoms with Gasteiger partial charge in [0.2, 0.25) is 0 Å². The zero-order valence-corrected chi connectivity index (χ0v) is 14.4. The molecule has 0 amide bonds. The van der Waals surface area contributed by atoms with Crippen molar-refractivity contribution < 1.29 is 19.4 Å². The molecule has 0 radical (unpaired) electrons. The van der Waals surface area contributed by atoms with E-state index in [1.165, 1.54) is 32.1 Å². The maximum absolute atomic E-state index is 12.4. The molecule has 23 heavy (non-hydrogen) atoms. The van der Waals surface area contributed by atoms with E-state index in [9.17, 15) is 9.90 Å². The van der Waals surface area contributed by atoms with Gasteiger partial charge in [0.05, 0.1) is 13.2 Å². The van der Waals surface area contributed by atoms with Crippen molar-refractivity contribution in [1.82, 2.24) is 0 Å². The van der Waals surface area contributed by atoms with E-state index in [4.69, 9.17) is 9.47 Å². The topological polar surface area (TPSA) is 55.8 Å². The number of hydrogen-bond donors (Lipinski definition) is 1. The van der Waals surface area contributed by atoms with Gasteiger partial charge in [0.1, 0.15) is 16.9 Å². The zero-order valence-electron chi connectivity index (χ0n) is 14.4. The molecule has 0 aromatic heterocycles. The molecule has 0 spiro atoms. The summed E-state index contributed by atoms with van der Waals surface area (Å²) < 4.78 is 11.4. The molecule has 0 heterocycles. The Labute approximate surface area is 138 Å². The van der Waals surface area contributed by atoms with Gasteiger partial charge >= 0.3 is 5.97 Å². The summed E-state index contributed by atoms with van der Waals surface area (Å²) in [6, 6.07) is 5.20. The number of aliphatic hydroxyl groups excluding tert-OH is 1.